The van der Waals surface area contributed by atoms with E-state index in [2.05, 4.69) is 16.4 Å². The summed E-state index contributed by atoms with van der Waals surface area (Å²) in [6.07, 6.45) is 0.300. The van der Waals surface area contributed by atoms with Crippen molar-refractivity contribution < 1.29 is 4.79 Å². The van der Waals surface area contributed by atoms with Crippen LogP contribution < -0.4 is 11.1 Å². The molecule has 0 saturated heterocycles. The molecule has 1 unspecified atom stereocenters. The maximum atomic E-state index is 10.9. The van der Waals surface area contributed by atoms with E-state index in [0.717, 1.165) is 22.3 Å². The predicted molar refractivity (Wildman–Crippen MR) is 73.4 cm³/mol. The van der Waals surface area contributed by atoms with Crippen LogP contribution in [0.3, 0.4) is 0 Å². The van der Waals surface area contributed by atoms with E-state index < -0.39 is 0 Å². The standard InChI is InChI=1S/C14H17N3O/c1-9-7-11-5-3-4-6-12(11)17-14(9)16-10(2)8-13(15)18/h3-7,10H,8H2,1-2H3,(H2,15,18)(H,16,17). The molecular weight excluding hydrogens is 226 g/mol. The van der Waals surface area contributed by atoms with E-state index in [1.807, 2.05) is 38.1 Å². The number of anilines is 1. The number of nitrogens with zero attached hydrogens (tertiary/aromatic N) is 1. The molecule has 4 nitrogen and oxygen atoms in total. The third-order valence-corrected chi connectivity index (χ3v) is 2.81. The minimum absolute atomic E-state index is 0.0186. The van der Waals surface area contributed by atoms with Crippen LogP contribution in [0.4, 0.5) is 5.82 Å². The van der Waals surface area contributed by atoms with E-state index in [9.17, 15) is 4.79 Å². The molecule has 0 aliphatic rings. The Morgan fingerprint density at radius 2 is 2.17 bits per heavy atom. The highest BCUT2D eigenvalue weighted by Crippen LogP contribution is 2.20. The topological polar surface area (TPSA) is 68.0 Å². The molecule has 1 aromatic heterocycles. The van der Waals surface area contributed by atoms with Crippen LogP contribution in [0.25, 0.3) is 10.9 Å². The number of pyridine rings is 1. The molecule has 0 fully saturated rings. The van der Waals surface area contributed by atoms with Gasteiger partial charge in [0.15, 0.2) is 0 Å². The summed E-state index contributed by atoms with van der Waals surface area (Å²) >= 11 is 0. The van der Waals surface area contributed by atoms with Gasteiger partial charge in [-0.2, -0.15) is 0 Å². The number of carbonyl (C=O) groups is 1. The number of primary amides is 1. The van der Waals surface area contributed by atoms with Gasteiger partial charge in [0, 0.05) is 17.8 Å². The minimum atomic E-state index is -0.312. The SMILES string of the molecule is Cc1cc2ccccc2nc1NC(C)CC(N)=O. The monoisotopic (exact) mass is 243 g/mol. The summed E-state index contributed by atoms with van der Waals surface area (Å²) in [5.74, 6) is 0.496. The van der Waals surface area contributed by atoms with Gasteiger partial charge in [-0.25, -0.2) is 4.98 Å². The highest BCUT2D eigenvalue weighted by Gasteiger charge is 2.09. The maximum absolute atomic E-state index is 10.9. The second-order valence-electron chi connectivity index (χ2n) is 4.56. The highest BCUT2D eigenvalue weighted by molar-refractivity contribution is 5.81. The molecular formula is C14H17N3O. The van der Waals surface area contributed by atoms with E-state index in [-0.39, 0.29) is 11.9 Å². The molecule has 1 amide bonds. The summed E-state index contributed by atoms with van der Waals surface area (Å²) in [4.78, 5) is 15.4. The molecule has 1 atom stereocenters. The molecule has 94 valence electrons. The van der Waals surface area contributed by atoms with Crippen LogP contribution in [0.2, 0.25) is 0 Å². The first-order chi connectivity index (χ1) is 8.56. The van der Waals surface area contributed by atoms with Gasteiger partial charge < -0.3 is 11.1 Å². The molecule has 0 aliphatic heterocycles. The van der Waals surface area contributed by atoms with Gasteiger partial charge in [-0.1, -0.05) is 18.2 Å². The van der Waals surface area contributed by atoms with Crippen LogP contribution in [0.15, 0.2) is 30.3 Å². The number of benzene rings is 1. The molecule has 0 aliphatic carbocycles. The first-order valence-corrected chi connectivity index (χ1v) is 5.97. The van der Waals surface area contributed by atoms with Gasteiger partial charge in [-0.3, -0.25) is 4.79 Å². The van der Waals surface area contributed by atoms with E-state index in [1.165, 1.54) is 0 Å². The van der Waals surface area contributed by atoms with Gasteiger partial charge in [0.25, 0.3) is 0 Å². The molecule has 0 spiro atoms. The van der Waals surface area contributed by atoms with Gasteiger partial charge >= 0.3 is 0 Å². The number of nitrogens with one attached hydrogen (secondary N) is 1. The van der Waals surface area contributed by atoms with Gasteiger partial charge in [-0.05, 0) is 31.5 Å². The number of fused-ring (bicyclic) bond motifs is 1. The lowest BCUT2D eigenvalue weighted by atomic mass is 10.1. The van der Waals surface area contributed by atoms with Crippen LogP contribution in [0.5, 0.6) is 0 Å². The Morgan fingerprint density at radius 3 is 2.89 bits per heavy atom. The first kappa shape index (κ1) is 12.4. The second-order valence-corrected chi connectivity index (χ2v) is 4.56. The second kappa shape index (κ2) is 5.04. The Balaban J connectivity index is 2.27. The fraction of sp³-hybridized carbons (Fsp3) is 0.286. The Labute approximate surface area is 106 Å². The number of amides is 1. The lowest BCUT2D eigenvalue weighted by Gasteiger charge is -2.15. The fourth-order valence-electron chi connectivity index (χ4n) is 1.95. The molecule has 18 heavy (non-hydrogen) atoms. The number of nitrogens with two attached hydrogens (primary N) is 1. The Hall–Kier alpha value is -2.10. The predicted octanol–water partition coefficient (Wildman–Crippen LogP) is 2.22. The zero-order valence-corrected chi connectivity index (χ0v) is 10.6. The fourth-order valence-corrected chi connectivity index (χ4v) is 1.95. The molecule has 1 aromatic carbocycles. The van der Waals surface area contributed by atoms with Crippen molar-refractivity contribution in [1.29, 1.82) is 0 Å². The van der Waals surface area contributed by atoms with Crippen LogP contribution in [-0.2, 0) is 4.79 Å². The summed E-state index contributed by atoms with van der Waals surface area (Å²) in [7, 11) is 0. The van der Waals surface area contributed by atoms with Gasteiger partial charge in [0.2, 0.25) is 5.91 Å². The molecule has 2 rings (SSSR count). The zero-order valence-electron chi connectivity index (χ0n) is 10.6. The summed E-state index contributed by atoms with van der Waals surface area (Å²) in [6, 6.07) is 10.0. The Morgan fingerprint density at radius 1 is 1.44 bits per heavy atom. The first-order valence-electron chi connectivity index (χ1n) is 5.97. The van der Waals surface area contributed by atoms with Crippen molar-refractivity contribution in [1.82, 2.24) is 4.98 Å². The summed E-state index contributed by atoms with van der Waals surface area (Å²) in [5.41, 5.74) is 7.18. The molecule has 0 saturated carbocycles. The van der Waals surface area contributed by atoms with E-state index in [1.54, 1.807) is 0 Å². The number of aromatic nitrogens is 1. The molecule has 1 heterocycles. The molecule has 0 bridgehead atoms. The summed E-state index contributed by atoms with van der Waals surface area (Å²) in [5, 5.41) is 4.34. The average molecular weight is 243 g/mol. The van der Waals surface area contributed by atoms with Crippen LogP contribution in [-0.4, -0.2) is 16.9 Å². The quantitative estimate of drug-likeness (QED) is 0.865. The van der Waals surface area contributed by atoms with Crippen molar-refractivity contribution in [2.24, 2.45) is 5.73 Å². The molecule has 2 aromatic rings. The zero-order chi connectivity index (χ0) is 13.1. The number of para-hydroxylation sites is 1. The van der Waals surface area contributed by atoms with Gasteiger partial charge in [-0.15, -0.1) is 0 Å². The van der Waals surface area contributed by atoms with Crippen molar-refractivity contribution in [3.8, 4) is 0 Å². The maximum Gasteiger partial charge on any atom is 0.219 e. The molecule has 0 radical (unpaired) electrons. The molecule has 4 heteroatoms. The van der Waals surface area contributed by atoms with Crippen LogP contribution >= 0.6 is 0 Å². The number of hydrogen-bond donors (Lipinski definition) is 2. The van der Waals surface area contributed by atoms with Crippen molar-refractivity contribution in [3.63, 3.8) is 0 Å². The van der Waals surface area contributed by atoms with E-state index in [4.69, 9.17) is 5.73 Å². The van der Waals surface area contributed by atoms with Crippen molar-refractivity contribution in [2.75, 3.05) is 5.32 Å². The number of aryl methyl sites for hydroxylation is 1. The normalized spacial score (nSPS) is 12.3. The van der Waals surface area contributed by atoms with E-state index >= 15 is 0 Å². The van der Waals surface area contributed by atoms with E-state index in [0.29, 0.717) is 6.42 Å². The average Bonchev–Trinajstić information content (AvgIpc) is 2.29. The number of carbonyl (C=O) groups excluding carboxylic acids is 1. The largest absolute Gasteiger partial charge is 0.370 e. The smallest absolute Gasteiger partial charge is 0.219 e. The summed E-state index contributed by atoms with van der Waals surface area (Å²) < 4.78 is 0. The van der Waals surface area contributed by atoms with Gasteiger partial charge in [0.1, 0.15) is 5.82 Å². The van der Waals surface area contributed by atoms with Crippen molar-refractivity contribution >= 4 is 22.6 Å². The number of rotatable bonds is 4. The molecule has 3 N–H and O–H groups in total. The third kappa shape index (κ3) is 2.77. The van der Waals surface area contributed by atoms with Crippen LogP contribution in [0, 0.1) is 6.92 Å². The van der Waals surface area contributed by atoms with Gasteiger partial charge in [0.05, 0.1) is 5.52 Å². The van der Waals surface area contributed by atoms with Crippen molar-refractivity contribution in [3.05, 3.63) is 35.9 Å². The van der Waals surface area contributed by atoms with Crippen molar-refractivity contribution in [2.45, 2.75) is 26.3 Å². The third-order valence-electron chi connectivity index (χ3n) is 2.81. The minimum Gasteiger partial charge on any atom is -0.370 e. The Kier molecular flexibility index (Phi) is 3.46. The van der Waals surface area contributed by atoms with Crippen LogP contribution in [0.1, 0.15) is 18.9 Å². The Bertz CT molecular complexity index is 580. The highest BCUT2D eigenvalue weighted by atomic mass is 16.1. The lowest BCUT2D eigenvalue weighted by molar-refractivity contribution is -0.118. The summed E-state index contributed by atoms with van der Waals surface area (Å²) in [6.45, 7) is 3.92. The lowest BCUT2D eigenvalue weighted by Crippen LogP contribution is -2.24. The number of hydrogen-bond acceptors (Lipinski definition) is 3.